The predicted octanol–water partition coefficient (Wildman–Crippen LogP) is 1.65. The average Bonchev–Trinajstić information content (AvgIpc) is 2.98. The molecular weight excluding hydrogens is 248 g/mol. The molecular formula is C11H12N6S. The van der Waals surface area contributed by atoms with Gasteiger partial charge < -0.3 is 16.0 Å². The van der Waals surface area contributed by atoms with Crippen LogP contribution >= 0.6 is 11.3 Å². The minimum atomic E-state index is 0.229. The molecule has 0 aromatic carbocycles. The van der Waals surface area contributed by atoms with E-state index in [2.05, 4.69) is 42.1 Å². The van der Waals surface area contributed by atoms with Gasteiger partial charge >= 0.3 is 0 Å². The Morgan fingerprint density at radius 2 is 2.33 bits per heavy atom. The summed E-state index contributed by atoms with van der Waals surface area (Å²) in [5.74, 6) is 0.929. The molecule has 7 heteroatoms. The van der Waals surface area contributed by atoms with Crippen molar-refractivity contribution in [2.75, 3.05) is 17.6 Å². The molecule has 3 heterocycles. The first-order valence-corrected chi connectivity index (χ1v) is 6.49. The molecule has 0 unspecified atom stereocenters. The third-order valence-corrected chi connectivity index (χ3v) is 3.32. The van der Waals surface area contributed by atoms with Crippen LogP contribution in [0.2, 0.25) is 0 Å². The van der Waals surface area contributed by atoms with Crippen LogP contribution in [0.3, 0.4) is 0 Å². The number of aromatic amines is 1. The molecule has 0 aliphatic heterocycles. The third-order valence-electron chi connectivity index (χ3n) is 2.59. The van der Waals surface area contributed by atoms with Crippen LogP contribution < -0.4 is 11.1 Å². The van der Waals surface area contributed by atoms with E-state index in [0.717, 1.165) is 18.5 Å². The summed E-state index contributed by atoms with van der Waals surface area (Å²) in [5.41, 5.74) is 8.32. The number of thiophene rings is 1. The van der Waals surface area contributed by atoms with Crippen molar-refractivity contribution >= 4 is 34.3 Å². The Morgan fingerprint density at radius 1 is 1.39 bits per heavy atom. The Labute approximate surface area is 107 Å². The van der Waals surface area contributed by atoms with Gasteiger partial charge in [0.15, 0.2) is 11.5 Å². The largest absolute Gasteiger partial charge is 0.368 e. The van der Waals surface area contributed by atoms with Crippen LogP contribution in [-0.4, -0.2) is 26.5 Å². The summed E-state index contributed by atoms with van der Waals surface area (Å²) in [6.45, 7) is 0.793. The number of rotatable bonds is 4. The number of nitrogen functional groups attached to an aromatic ring is 1. The number of nitrogens with zero attached hydrogens (tertiary/aromatic N) is 3. The van der Waals surface area contributed by atoms with Gasteiger partial charge in [-0.25, -0.2) is 4.98 Å². The second-order valence-corrected chi connectivity index (χ2v) is 4.62. The summed E-state index contributed by atoms with van der Waals surface area (Å²) in [6.07, 6.45) is 2.53. The fourth-order valence-corrected chi connectivity index (χ4v) is 2.44. The first-order chi connectivity index (χ1) is 8.83. The number of hydrogen-bond acceptors (Lipinski definition) is 6. The van der Waals surface area contributed by atoms with Gasteiger partial charge in [-0.1, -0.05) is 0 Å². The van der Waals surface area contributed by atoms with Crippen LogP contribution in [0.25, 0.3) is 11.2 Å². The van der Waals surface area contributed by atoms with Crippen molar-refractivity contribution in [2.45, 2.75) is 6.42 Å². The van der Waals surface area contributed by atoms with Crippen molar-refractivity contribution in [3.8, 4) is 0 Å². The maximum absolute atomic E-state index is 5.64. The zero-order chi connectivity index (χ0) is 12.4. The molecule has 0 aliphatic carbocycles. The SMILES string of the molecule is Nc1nc(NCCc2ccsc2)c2[nH]cnc2n1. The van der Waals surface area contributed by atoms with Gasteiger partial charge in [0.25, 0.3) is 0 Å². The van der Waals surface area contributed by atoms with E-state index >= 15 is 0 Å². The number of H-pyrrole nitrogens is 1. The lowest BCUT2D eigenvalue weighted by Crippen LogP contribution is -2.08. The standard InChI is InChI=1S/C11H12N6S/c12-11-16-9(8-10(17-11)15-6-14-8)13-3-1-7-2-4-18-5-7/h2,4-6H,1,3H2,(H4,12,13,14,15,16,17). The Kier molecular flexibility index (Phi) is 2.81. The van der Waals surface area contributed by atoms with Gasteiger partial charge in [-0.15, -0.1) is 0 Å². The molecule has 3 aromatic heterocycles. The summed E-state index contributed by atoms with van der Waals surface area (Å²) >= 11 is 1.70. The smallest absolute Gasteiger partial charge is 0.224 e. The maximum atomic E-state index is 5.64. The van der Waals surface area contributed by atoms with Gasteiger partial charge in [0.2, 0.25) is 5.95 Å². The van der Waals surface area contributed by atoms with Crippen molar-refractivity contribution in [3.05, 3.63) is 28.7 Å². The fourth-order valence-electron chi connectivity index (χ4n) is 1.74. The van der Waals surface area contributed by atoms with Crippen LogP contribution in [0.15, 0.2) is 23.2 Å². The highest BCUT2D eigenvalue weighted by Gasteiger charge is 2.07. The first-order valence-electron chi connectivity index (χ1n) is 5.54. The van der Waals surface area contributed by atoms with Crippen LogP contribution in [0, 0.1) is 0 Å². The molecule has 18 heavy (non-hydrogen) atoms. The van der Waals surface area contributed by atoms with E-state index in [9.17, 15) is 0 Å². The zero-order valence-electron chi connectivity index (χ0n) is 9.55. The van der Waals surface area contributed by atoms with Gasteiger partial charge in [0.05, 0.1) is 6.33 Å². The number of anilines is 2. The Bertz CT molecular complexity index is 645. The highest BCUT2D eigenvalue weighted by Crippen LogP contribution is 2.17. The van der Waals surface area contributed by atoms with Crippen molar-refractivity contribution in [2.24, 2.45) is 0 Å². The predicted molar refractivity (Wildman–Crippen MR) is 72.6 cm³/mol. The molecule has 0 radical (unpaired) electrons. The molecule has 0 atom stereocenters. The summed E-state index contributed by atoms with van der Waals surface area (Å²) in [7, 11) is 0. The second kappa shape index (κ2) is 4.61. The van der Waals surface area contributed by atoms with E-state index in [-0.39, 0.29) is 5.95 Å². The highest BCUT2D eigenvalue weighted by atomic mass is 32.1. The summed E-state index contributed by atoms with van der Waals surface area (Å²) in [4.78, 5) is 15.3. The molecule has 6 nitrogen and oxygen atoms in total. The number of aromatic nitrogens is 4. The number of hydrogen-bond donors (Lipinski definition) is 3. The molecule has 0 saturated heterocycles. The second-order valence-electron chi connectivity index (χ2n) is 3.84. The maximum Gasteiger partial charge on any atom is 0.224 e. The summed E-state index contributed by atoms with van der Waals surface area (Å²) in [6, 6.07) is 2.12. The van der Waals surface area contributed by atoms with E-state index in [1.165, 1.54) is 5.56 Å². The highest BCUT2D eigenvalue weighted by molar-refractivity contribution is 7.07. The van der Waals surface area contributed by atoms with E-state index < -0.39 is 0 Å². The molecule has 0 spiro atoms. The zero-order valence-corrected chi connectivity index (χ0v) is 10.4. The van der Waals surface area contributed by atoms with E-state index in [1.54, 1.807) is 17.7 Å². The average molecular weight is 260 g/mol. The van der Waals surface area contributed by atoms with Crippen LogP contribution in [0.1, 0.15) is 5.56 Å². The molecule has 0 bridgehead atoms. The number of nitrogens with two attached hydrogens (primary N) is 1. The quantitative estimate of drug-likeness (QED) is 0.663. The van der Waals surface area contributed by atoms with Crippen LogP contribution in [0.4, 0.5) is 11.8 Å². The fraction of sp³-hybridized carbons (Fsp3) is 0.182. The normalized spacial score (nSPS) is 10.9. The summed E-state index contributed by atoms with van der Waals surface area (Å²) in [5, 5.41) is 7.47. The molecule has 0 amide bonds. The molecule has 4 N–H and O–H groups in total. The monoisotopic (exact) mass is 260 g/mol. The number of fused-ring (bicyclic) bond motifs is 1. The van der Waals surface area contributed by atoms with Crippen LogP contribution in [0.5, 0.6) is 0 Å². The van der Waals surface area contributed by atoms with Crippen molar-refractivity contribution in [1.82, 2.24) is 19.9 Å². The Balaban J connectivity index is 1.75. The van der Waals surface area contributed by atoms with Crippen molar-refractivity contribution in [1.29, 1.82) is 0 Å². The van der Waals surface area contributed by atoms with Crippen molar-refractivity contribution in [3.63, 3.8) is 0 Å². The Morgan fingerprint density at radius 3 is 3.17 bits per heavy atom. The molecule has 3 rings (SSSR count). The molecule has 0 saturated carbocycles. The topological polar surface area (TPSA) is 92.5 Å². The molecule has 0 aliphatic rings. The molecule has 3 aromatic rings. The van der Waals surface area contributed by atoms with E-state index in [4.69, 9.17) is 5.73 Å². The van der Waals surface area contributed by atoms with Gasteiger partial charge in [-0.3, -0.25) is 0 Å². The third kappa shape index (κ3) is 2.12. The molecule has 92 valence electrons. The number of imidazole rings is 1. The number of nitrogens with one attached hydrogen (secondary N) is 2. The summed E-state index contributed by atoms with van der Waals surface area (Å²) < 4.78 is 0. The lowest BCUT2D eigenvalue weighted by atomic mass is 10.2. The van der Waals surface area contributed by atoms with E-state index in [0.29, 0.717) is 11.5 Å². The molecule has 0 fully saturated rings. The lowest BCUT2D eigenvalue weighted by Gasteiger charge is -2.06. The minimum Gasteiger partial charge on any atom is -0.368 e. The van der Waals surface area contributed by atoms with Gasteiger partial charge in [0.1, 0.15) is 5.52 Å². The van der Waals surface area contributed by atoms with Gasteiger partial charge in [0, 0.05) is 6.54 Å². The van der Waals surface area contributed by atoms with Gasteiger partial charge in [-0.05, 0) is 28.8 Å². The Hall–Kier alpha value is -2.15. The lowest BCUT2D eigenvalue weighted by molar-refractivity contribution is 1.01. The van der Waals surface area contributed by atoms with E-state index in [1.807, 2.05) is 0 Å². The van der Waals surface area contributed by atoms with Crippen LogP contribution in [-0.2, 0) is 6.42 Å². The first kappa shape index (κ1) is 11.0. The van der Waals surface area contributed by atoms with Gasteiger partial charge in [-0.2, -0.15) is 21.3 Å². The minimum absolute atomic E-state index is 0.229. The van der Waals surface area contributed by atoms with Crippen molar-refractivity contribution < 1.29 is 0 Å².